The molecule has 2 N–H and O–H groups in total. The molecular formula is C8H11NO4S. The van der Waals surface area contributed by atoms with Crippen molar-refractivity contribution in [2.24, 2.45) is 0 Å². The monoisotopic (exact) mass is 217 g/mol. The van der Waals surface area contributed by atoms with E-state index in [1.54, 1.807) is 12.1 Å². The molecule has 0 radical (unpaired) electrons. The van der Waals surface area contributed by atoms with Gasteiger partial charge in [-0.1, -0.05) is 17.7 Å². The summed E-state index contributed by atoms with van der Waals surface area (Å²) in [6.45, 7) is 4.52. The number of rotatable bonds is 1. The van der Waals surface area contributed by atoms with Crippen LogP contribution in [0.5, 0.6) is 0 Å². The second kappa shape index (κ2) is 5.36. The minimum Gasteiger partial charge on any atom is -0.626 e. The zero-order valence-corrected chi connectivity index (χ0v) is 8.41. The van der Waals surface area contributed by atoms with Crippen LogP contribution < -0.4 is 5.16 Å². The predicted molar refractivity (Wildman–Crippen MR) is 52.4 cm³/mol. The standard InChI is InChI=1S/C7H8O3S.CH3NO/c1-6-2-4-7(5-3-6)11(8,9)10;1-2-3/h2-5H,1H3,(H,8,9,10);2H,1H2. The van der Waals surface area contributed by atoms with E-state index in [2.05, 4.69) is 6.72 Å². The van der Waals surface area contributed by atoms with Crippen LogP contribution in [0.1, 0.15) is 5.56 Å². The fraction of sp³-hybridized carbons (Fsp3) is 0.125. The van der Waals surface area contributed by atoms with Crippen LogP contribution in [-0.2, 0) is 10.1 Å². The normalized spacial score (nSPS) is 9.86. The lowest BCUT2D eigenvalue weighted by Crippen LogP contribution is -2.56. The summed E-state index contributed by atoms with van der Waals surface area (Å²) >= 11 is 0. The second-order valence-corrected chi connectivity index (χ2v) is 3.85. The van der Waals surface area contributed by atoms with Gasteiger partial charge >= 0.3 is 0 Å². The number of benzene rings is 1. The van der Waals surface area contributed by atoms with Gasteiger partial charge in [-0.05, 0) is 19.1 Å². The molecule has 0 amide bonds. The lowest BCUT2D eigenvalue weighted by Gasteiger charge is -1.95. The van der Waals surface area contributed by atoms with Crippen LogP contribution >= 0.6 is 0 Å². The van der Waals surface area contributed by atoms with Crippen LogP contribution in [0.15, 0.2) is 29.2 Å². The Hall–Kier alpha value is -1.40. The van der Waals surface area contributed by atoms with Crippen molar-refractivity contribution in [1.82, 2.24) is 0 Å². The smallest absolute Gasteiger partial charge is 0.294 e. The van der Waals surface area contributed by atoms with Gasteiger partial charge in [-0.3, -0.25) is 4.55 Å². The summed E-state index contributed by atoms with van der Waals surface area (Å²) in [6.07, 6.45) is 0. The highest BCUT2D eigenvalue weighted by Crippen LogP contribution is 2.08. The van der Waals surface area contributed by atoms with E-state index in [0.29, 0.717) is 0 Å². The average Bonchev–Trinajstić information content (AvgIpc) is 2.04. The third-order valence-electron chi connectivity index (χ3n) is 1.32. The zero-order valence-electron chi connectivity index (χ0n) is 7.60. The van der Waals surface area contributed by atoms with Crippen molar-refractivity contribution in [3.8, 4) is 0 Å². The van der Waals surface area contributed by atoms with Gasteiger partial charge in [-0.25, -0.2) is 5.16 Å². The van der Waals surface area contributed by atoms with Crippen LogP contribution in [0.3, 0.4) is 0 Å². The minimum atomic E-state index is -4.02. The maximum Gasteiger partial charge on any atom is 0.294 e. The molecule has 0 bridgehead atoms. The third-order valence-corrected chi connectivity index (χ3v) is 2.19. The van der Waals surface area contributed by atoms with Crippen molar-refractivity contribution in [1.29, 1.82) is 0 Å². The van der Waals surface area contributed by atoms with Crippen molar-refractivity contribution >= 4 is 16.8 Å². The Morgan fingerprint density at radius 2 is 1.71 bits per heavy atom. The number of hydrogen-bond acceptors (Lipinski definition) is 3. The van der Waals surface area contributed by atoms with Crippen LogP contribution in [0.4, 0.5) is 0 Å². The van der Waals surface area contributed by atoms with Crippen LogP contribution in [-0.4, -0.2) is 19.7 Å². The first-order chi connectivity index (χ1) is 6.41. The molecule has 6 heteroatoms. The van der Waals surface area contributed by atoms with Gasteiger partial charge in [0.1, 0.15) is 6.72 Å². The molecule has 1 rings (SSSR count). The Bertz CT molecular complexity index is 382. The van der Waals surface area contributed by atoms with Gasteiger partial charge in [0.05, 0.1) is 4.90 Å². The molecule has 0 aromatic heterocycles. The minimum absolute atomic E-state index is 0.0666. The largest absolute Gasteiger partial charge is 0.626 e. The average molecular weight is 217 g/mol. The molecule has 0 unspecified atom stereocenters. The Balaban J connectivity index is 0.000000500. The fourth-order valence-electron chi connectivity index (χ4n) is 0.710. The Morgan fingerprint density at radius 1 is 1.36 bits per heavy atom. The van der Waals surface area contributed by atoms with Crippen molar-refractivity contribution in [2.75, 3.05) is 0 Å². The first-order valence-electron chi connectivity index (χ1n) is 3.60. The third kappa shape index (κ3) is 4.58. The first-order valence-corrected chi connectivity index (χ1v) is 5.04. The molecule has 0 spiro atoms. The van der Waals surface area contributed by atoms with E-state index in [0.717, 1.165) is 5.56 Å². The van der Waals surface area contributed by atoms with E-state index >= 15 is 0 Å². The SMILES string of the molecule is C=[NH+][O-].Cc1ccc(S(=O)(=O)O)cc1. The summed E-state index contributed by atoms with van der Waals surface area (Å²) < 4.78 is 29.6. The molecule has 0 heterocycles. The number of aryl methyl sites for hydroxylation is 1. The zero-order chi connectivity index (χ0) is 11.2. The molecule has 0 aliphatic heterocycles. The van der Waals surface area contributed by atoms with Gasteiger partial charge in [0.15, 0.2) is 0 Å². The van der Waals surface area contributed by atoms with Crippen molar-refractivity contribution < 1.29 is 18.1 Å². The van der Waals surface area contributed by atoms with E-state index in [-0.39, 0.29) is 4.90 Å². The Labute approximate surface area is 82.4 Å². The molecule has 0 aliphatic rings. The van der Waals surface area contributed by atoms with Crippen LogP contribution in [0, 0.1) is 12.1 Å². The maximum absolute atomic E-state index is 10.5. The number of nitrogens with one attached hydrogen (secondary N) is 1. The number of hydrogen-bond donors (Lipinski definition) is 2. The van der Waals surface area contributed by atoms with E-state index in [9.17, 15) is 8.42 Å². The molecule has 0 atom stereocenters. The highest BCUT2D eigenvalue weighted by molar-refractivity contribution is 7.85. The molecule has 14 heavy (non-hydrogen) atoms. The predicted octanol–water partition coefficient (Wildman–Crippen LogP) is -0.493. The van der Waals surface area contributed by atoms with Crippen molar-refractivity contribution in [3.63, 3.8) is 0 Å². The highest BCUT2D eigenvalue weighted by Gasteiger charge is 2.06. The second-order valence-electron chi connectivity index (χ2n) is 2.43. The summed E-state index contributed by atoms with van der Waals surface area (Å²) in [4.78, 5) is -0.0666. The van der Waals surface area contributed by atoms with E-state index in [1.165, 1.54) is 17.3 Å². The molecule has 0 aliphatic carbocycles. The van der Waals surface area contributed by atoms with Crippen molar-refractivity contribution in [2.45, 2.75) is 11.8 Å². The van der Waals surface area contributed by atoms with Gasteiger partial charge in [0.2, 0.25) is 0 Å². The van der Waals surface area contributed by atoms with E-state index < -0.39 is 10.1 Å². The molecule has 78 valence electrons. The molecule has 0 saturated heterocycles. The summed E-state index contributed by atoms with van der Waals surface area (Å²) in [5, 5.41) is 9.82. The first kappa shape index (κ1) is 12.6. The maximum atomic E-state index is 10.5. The molecule has 1 aromatic rings. The van der Waals surface area contributed by atoms with Gasteiger partial charge in [0.25, 0.3) is 10.1 Å². The summed E-state index contributed by atoms with van der Waals surface area (Å²) in [5.74, 6) is 0. The molecule has 5 nitrogen and oxygen atoms in total. The van der Waals surface area contributed by atoms with Crippen molar-refractivity contribution in [3.05, 3.63) is 35.0 Å². The lowest BCUT2D eigenvalue weighted by molar-refractivity contribution is -0.361. The highest BCUT2D eigenvalue weighted by atomic mass is 32.2. The Kier molecular flexibility index (Phi) is 4.82. The topological polar surface area (TPSA) is 91.4 Å². The van der Waals surface area contributed by atoms with Gasteiger partial charge < -0.3 is 5.21 Å². The summed E-state index contributed by atoms with van der Waals surface area (Å²) in [6, 6.07) is 5.99. The van der Waals surface area contributed by atoms with E-state index in [4.69, 9.17) is 9.76 Å². The molecular weight excluding hydrogens is 206 g/mol. The lowest BCUT2D eigenvalue weighted by atomic mass is 10.2. The van der Waals surface area contributed by atoms with Crippen LogP contribution in [0.25, 0.3) is 0 Å². The van der Waals surface area contributed by atoms with E-state index in [1.807, 2.05) is 6.92 Å². The Morgan fingerprint density at radius 3 is 2.00 bits per heavy atom. The fourth-order valence-corrected chi connectivity index (χ4v) is 1.19. The van der Waals surface area contributed by atoms with Gasteiger partial charge in [-0.15, -0.1) is 0 Å². The molecule has 1 aromatic carbocycles. The molecule has 0 fully saturated rings. The quantitative estimate of drug-likeness (QED) is 0.287. The summed E-state index contributed by atoms with van der Waals surface area (Å²) in [5.41, 5.74) is 0.956. The molecule has 0 saturated carbocycles. The van der Waals surface area contributed by atoms with Gasteiger partial charge in [0, 0.05) is 0 Å². The summed E-state index contributed by atoms with van der Waals surface area (Å²) in [7, 11) is -4.02. The van der Waals surface area contributed by atoms with Gasteiger partial charge in [-0.2, -0.15) is 8.42 Å². The van der Waals surface area contributed by atoms with Crippen LogP contribution in [0.2, 0.25) is 0 Å².